The van der Waals surface area contributed by atoms with Gasteiger partial charge in [-0.2, -0.15) is 0 Å². The molecule has 0 saturated heterocycles. The molecule has 0 saturated carbocycles. The van der Waals surface area contributed by atoms with E-state index in [4.69, 9.17) is 0 Å². The highest BCUT2D eigenvalue weighted by atomic mass is 32.1. The van der Waals surface area contributed by atoms with Crippen LogP contribution in [0.1, 0.15) is 35.8 Å². The Morgan fingerprint density at radius 1 is 1.43 bits per heavy atom. The van der Waals surface area contributed by atoms with Crippen LogP contribution in [-0.4, -0.2) is 12.0 Å². The van der Waals surface area contributed by atoms with Crippen molar-refractivity contribution in [3.05, 3.63) is 15.6 Å². The van der Waals surface area contributed by atoms with Gasteiger partial charge in [0.05, 0.1) is 10.7 Å². The van der Waals surface area contributed by atoms with Crippen LogP contribution in [0, 0.1) is 12.8 Å². The first kappa shape index (κ1) is 11.7. The van der Waals surface area contributed by atoms with Crippen molar-refractivity contribution in [3.8, 4) is 0 Å². The van der Waals surface area contributed by atoms with Gasteiger partial charge in [-0.25, -0.2) is 4.98 Å². The quantitative estimate of drug-likeness (QED) is 0.812. The van der Waals surface area contributed by atoms with Gasteiger partial charge in [0.1, 0.15) is 0 Å². The highest BCUT2D eigenvalue weighted by Gasteiger charge is 2.06. The summed E-state index contributed by atoms with van der Waals surface area (Å²) in [6.45, 7) is 7.57. The van der Waals surface area contributed by atoms with Crippen LogP contribution in [0.4, 0.5) is 0 Å². The van der Waals surface area contributed by atoms with Gasteiger partial charge >= 0.3 is 0 Å². The number of hydrogen-bond donors (Lipinski definition) is 1. The molecular formula is C11H20N2S. The van der Waals surface area contributed by atoms with E-state index in [0.717, 1.165) is 18.9 Å². The largest absolute Gasteiger partial charge is 0.315 e. The molecule has 1 N–H and O–H groups in total. The predicted molar refractivity (Wildman–Crippen MR) is 62.8 cm³/mol. The summed E-state index contributed by atoms with van der Waals surface area (Å²) < 4.78 is 0. The van der Waals surface area contributed by atoms with Crippen molar-refractivity contribution in [2.75, 3.05) is 7.05 Å². The Bertz CT molecular complexity index is 279. The molecule has 0 fully saturated rings. The monoisotopic (exact) mass is 212 g/mol. The van der Waals surface area contributed by atoms with E-state index in [-0.39, 0.29) is 0 Å². The summed E-state index contributed by atoms with van der Waals surface area (Å²) in [5, 5.41) is 4.47. The molecule has 0 aromatic carbocycles. The number of aryl methyl sites for hydroxylation is 2. The van der Waals surface area contributed by atoms with Crippen LogP contribution in [0.25, 0.3) is 0 Å². The number of aromatic nitrogens is 1. The van der Waals surface area contributed by atoms with Crippen LogP contribution in [0.15, 0.2) is 0 Å². The normalized spacial score (nSPS) is 11.2. The molecule has 1 rings (SSSR count). The first-order chi connectivity index (χ1) is 6.63. The Hall–Kier alpha value is -0.410. The molecule has 0 spiro atoms. The summed E-state index contributed by atoms with van der Waals surface area (Å²) >= 11 is 1.85. The summed E-state index contributed by atoms with van der Waals surface area (Å²) in [4.78, 5) is 5.96. The summed E-state index contributed by atoms with van der Waals surface area (Å²) in [5.41, 5.74) is 1.20. The van der Waals surface area contributed by atoms with Gasteiger partial charge in [-0.15, -0.1) is 11.3 Å². The van der Waals surface area contributed by atoms with Crippen LogP contribution >= 0.6 is 11.3 Å². The highest BCUT2D eigenvalue weighted by molar-refractivity contribution is 7.11. The van der Waals surface area contributed by atoms with Crippen molar-refractivity contribution in [1.82, 2.24) is 10.3 Å². The number of nitrogens with one attached hydrogen (secondary N) is 1. The minimum Gasteiger partial charge on any atom is -0.315 e. The van der Waals surface area contributed by atoms with E-state index in [1.165, 1.54) is 22.0 Å². The first-order valence-corrected chi connectivity index (χ1v) is 6.05. The molecule has 14 heavy (non-hydrogen) atoms. The number of rotatable bonds is 5. The molecule has 3 heteroatoms. The molecule has 1 heterocycles. The summed E-state index contributed by atoms with van der Waals surface area (Å²) in [7, 11) is 1.98. The maximum absolute atomic E-state index is 4.58. The Balaban J connectivity index is 2.56. The molecule has 2 nitrogen and oxygen atoms in total. The van der Waals surface area contributed by atoms with Crippen LogP contribution in [0.3, 0.4) is 0 Å². The molecule has 0 radical (unpaired) electrons. The van der Waals surface area contributed by atoms with Gasteiger partial charge in [-0.1, -0.05) is 13.8 Å². The summed E-state index contributed by atoms with van der Waals surface area (Å²) in [6, 6.07) is 0. The topological polar surface area (TPSA) is 24.9 Å². The Morgan fingerprint density at radius 3 is 2.71 bits per heavy atom. The third-order valence-corrected chi connectivity index (χ3v) is 3.43. The SMILES string of the molecule is CNCc1sc(CCC(C)C)nc1C. The fourth-order valence-corrected chi connectivity index (χ4v) is 2.43. The highest BCUT2D eigenvalue weighted by Crippen LogP contribution is 2.20. The fraction of sp³-hybridized carbons (Fsp3) is 0.727. The van der Waals surface area contributed by atoms with E-state index in [1.54, 1.807) is 0 Å². The first-order valence-electron chi connectivity index (χ1n) is 5.23. The molecule has 1 aromatic rings. The van der Waals surface area contributed by atoms with Gasteiger partial charge in [-0.3, -0.25) is 0 Å². The van der Waals surface area contributed by atoms with Gasteiger partial charge in [-0.05, 0) is 32.7 Å². The standard InChI is InChI=1S/C11H20N2S/c1-8(2)5-6-11-13-9(3)10(14-11)7-12-4/h8,12H,5-7H2,1-4H3. The van der Waals surface area contributed by atoms with Crippen LogP contribution < -0.4 is 5.32 Å². The second-order valence-electron chi connectivity index (χ2n) is 4.08. The molecule has 0 aliphatic carbocycles. The minimum atomic E-state index is 0.770. The lowest BCUT2D eigenvalue weighted by Gasteiger charge is -2.00. The molecular weight excluding hydrogens is 192 g/mol. The number of hydrogen-bond acceptors (Lipinski definition) is 3. The second-order valence-corrected chi connectivity index (χ2v) is 5.25. The molecule has 0 unspecified atom stereocenters. The zero-order chi connectivity index (χ0) is 10.6. The average molecular weight is 212 g/mol. The maximum Gasteiger partial charge on any atom is 0.0931 e. The van der Waals surface area contributed by atoms with E-state index < -0.39 is 0 Å². The lowest BCUT2D eigenvalue weighted by Crippen LogP contribution is -2.04. The number of nitrogens with zero attached hydrogens (tertiary/aromatic N) is 1. The zero-order valence-electron chi connectivity index (χ0n) is 9.55. The zero-order valence-corrected chi connectivity index (χ0v) is 10.4. The van der Waals surface area contributed by atoms with Crippen molar-refractivity contribution in [3.63, 3.8) is 0 Å². The average Bonchev–Trinajstić information content (AvgIpc) is 2.45. The molecule has 0 amide bonds. The molecule has 80 valence electrons. The third-order valence-electron chi connectivity index (χ3n) is 2.21. The Morgan fingerprint density at radius 2 is 2.14 bits per heavy atom. The van der Waals surface area contributed by atoms with E-state index in [2.05, 4.69) is 31.1 Å². The molecule has 0 bridgehead atoms. The van der Waals surface area contributed by atoms with E-state index >= 15 is 0 Å². The lowest BCUT2D eigenvalue weighted by molar-refractivity contribution is 0.585. The molecule has 0 atom stereocenters. The van der Waals surface area contributed by atoms with Gasteiger partial charge in [0.15, 0.2) is 0 Å². The predicted octanol–water partition coefficient (Wildman–Crippen LogP) is 2.76. The van der Waals surface area contributed by atoms with Crippen molar-refractivity contribution in [2.24, 2.45) is 5.92 Å². The van der Waals surface area contributed by atoms with Crippen molar-refractivity contribution in [1.29, 1.82) is 0 Å². The van der Waals surface area contributed by atoms with E-state index in [9.17, 15) is 0 Å². The van der Waals surface area contributed by atoms with Crippen molar-refractivity contribution in [2.45, 2.75) is 40.2 Å². The minimum absolute atomic E-state index is 0.770. The van der Waals surface area contributed by atoms with Gasteiger partial charge in [0.2, 0.25) is 0 Å². The van der Waals surface area contributed by atoms with Crippen molar-refractivity contribution >= 4 is 11.3 Å². The Kier molecular flexibility index (Phi) is 4.55. The Labute approximate surface area is 90.8 Å². The lowest BCUT2D eigenvalue weighted by atomic mass is 10.1. The third kappa shape index (κ3) is 3.39. The van der Waals surface area contributed by atoms with Gasteiger partial charge in [0.25, 0.3) is 0 Å². The summed E-state index contributed by atoms with van der Waals surface area (Å²) in [5.74, 6) is 0.770. The maximum atomic E-state index is 4.58. The molecule has 0 aliphatic rings. The summed E-state index contributed by atoms with van der Waals surface area (Å²) in [6.07, 6.45) is 2.37. The van der Waals surface area contributed by atoms with Crippen molar-refractivity contribution < 1.29 is 0 Å². The number of thiazole rings is 1. The van der Waals surface area contributed by atoms with Gasteiger partial charge in [0, 0.05) is 11.4 Å². The second kappa shape index (κ2) is 5.47. The van der Waals surface area contributed by atoms with Crippen LogP contribution in [0.2, 0.25) is 0 Å². The fourth-order valence-electron chi connectivity index (χ4n) is 1.33. The van der Waals surface area contributed by atoms with Crippen LogP contribution in [-0.2, 0) is 13.0 Å². The van der Waals surface area contributed by atoms with Crippen LogP contribution in [0.5, 0.6) is 0 Å². The molecule has 0 aliphatic heterocycles. The van der Waals surface area contributed by atoms with E-state index in [1.807, 2.05) is 18.4 Å². The smallest absolute Gasteiger partial charge is 0.0931 e. The van der Waals surface area contributed by atoms with Gasteiger partial charge < -0.3 is 5.32 Å². The molecule has 1 aromatic heterocycles. The van der Waals surface area contributed by atoms with E-state index in [0.29, 0.717) is 0 Å².